The van der Waals surface area contributed by atoms with Gasteiger partial charge in [0.05, 0.1) is 6.04 Å². The van der Waals surface area contributed by atoms with Crippen LogP contribution in [-0.2, 0) is 4.79 Å². The van der Waals surface area contributed by atoms with Crippen LogP contribution >= 0.6 is 0 Å². The summed E-state index contributed by atoms with van der Waals surface area (Å²) in [5.41, 5.74) is 1.75. The first-order chi connectivity index (χ1) is 12.1. The number of nitrogens with one attached hydrogen (secondary N) is 1. The van der Waals surface area contributed by atoms with Gasteiger partial charge in [-0.05, 0) is 36.3 Å². The third kappa shape index (κ3) is 5.27. The lowest BCUT2D eigenvalue weighted by Crippen LogP contribution is -2.27. The van der Waals surface area contributed by atoms with Crippen LogP contribution in [0.25, 0.3) is 6.08 Å². The highest BCUT2D eigenvalue weighted by molar-refractivity contribution is 6.01. The summed E-state index contributed by atoms with van der Waals surface area (Å²) in [7, 11) is 0. The highest BCUT2D eigenvalue weighted by Gasteiger charge is 2.13. The van der Waals surface area contributed by atoms with E-state index in [1.54, 1.807) is 24.3 Å². The second-order valence-electron chi connectivity index (χ2n) is 5.34. The number of benzene rings is 2. The van der Waals surface area contributed by atoms with Gasteiger partial charge in [-0.1, -0.05) is 48.4 Å². The summed E-state index contributed by atoms with van der Waals surface area (Å²) < 4.78 is 5.29. The minimum atomic E-state index is -0.411. The van der Waals surface area contributed by atoms with E-state index in [0.717, 1.165) is 11.1 Å². The summed E-state index contributed by atoms with van der Waals surface area (Å²) in [6, 6.07) is 18.3. The number of hydrogen-bond donors (Lipinski definition) is 1. The van der Waals surface area contributed by atoms with E-state index in [4.69, 9.17) is 11.2 Å². The molecule has 124 valence electrons. The second kappa shape index (κ2) is 8.96. The first kappa shape index (κ1) is 17.8. The highest BCUT2D eigenvalue weighted by atomic mass is 16.5. The van der Waals surface area contributed by atoms with Crippen molar-refractivity contribution in [2.24, 2.45) is 0 Å². The molecule has 0 aliphatic carbocycles. The standard InChI is InChI=1S/C21H18N2O2/c1-3-13-25-20-11-9-17(10-12-20)14-19(15-22)21(24)23-16(2)18-7-5-4-6-8-18/h1,4-12,14,16H,13H2,2H3,(H,23,24)/b19-14-/t16-/m1/s1. The van der Waals surface area contributed by atoms with Crippen LogP contribution in [0, 0.1) is 23.7 Å². The molecule has 1 atom stereocenters. The zero-order valence-electron chi connectivity index (χ0n) is 13.9. The van der Waals surface area contributed by atoms with Gasteiger partial charge in [0.25, 0.3) is 5.91 Å². The normalized spacial score (nSPS) is 11.7. The number of nitriles is 1. The maximum absolute atomic E-state index is 12.3. The molecule has 0 heterocycles. The average Bonchev–Trinajstić information content (AvgIpc) is 2.65. The van der Waals surface area contributed by atoms with Gasteiger partial charge >= 0.3 is 0 Å². The number of terminal acetylenes is 1. The van der Waals surface area contributed by atoms with Gasteiger partial charge in [0.15, 0.2) is 0 Å². The van der Waals surface area contributed by atoms with Crippen molar-refractivity contribution in [3.8, 4) is 24.2 Å². The van der Waals surface area contributed by atoms with Gasteiger partial charge in [0, 0.05) is 0 Å². The van der Waals surface area contributed by atoms with E-state index in [0.29, 0.717) is 5.75 Å². The number of ether oxygens (including phenoxy) is 1. The molecule has 2 aromatic rings. The van der Waals surface area contributed by atoms with Crippen molar-refractivity contribution < 1.29 is 9.53 Å². The molecule has 0 aromatic heterocycles. The molecule has 0 bridgehead atoms. The van der Waals surface area contributed by atoms with Crippen LogP contribution in [0.2, 0.25) is 0 Å². The molecule has 0 aliphatic rings. The van der Waals surface area contributed by atoms with Crippen molar-refractivity contribution in [3.05, 3.63) is 71.3 Å². The minimum absolute atomic E-state index is 0.0417. The Morgan fingerprint density at radius 1 is 1.24 bits per heavy atom. The Balaban J connectivity index is 2.07. The lowest BCUT2D eigenvalue weighted by atomic mass is 10.1. The van der Waals surface area contributed by atoms with Gasteiger partial charge in [-0.25, -0.2) is 0 Å². The Bertz CT molecular complexity index is 825. The molecule has 0 saturated carbocycles. The fourth-order valence-corrected chi connectivity index (χ4v) is 2.20. The summed E-state index contributed by atoms with van der Waals surface area (Å²) in [6.07, 6.45) is 6.68. The minimum Gasteiger partial charge on any atom is -0.481 e. The van der Waals surface area contributed by atoms with Crippen molar-refractivity contribution in [2.45, 2.75) is 13.0 Å². The smallest absolute Gasteiger partial charge is 0.262 e. The molecule has 25 heavy (non-hydrogen) atoms. The fourth-order valence-electron chi connectivity index (χ4n) is 2.20. The van der Waals surface area contributed by atoms with E-state index in [9.17, 15) is 10.1 Å². The molecule has 0 saturated heterocycles. The van der Waals surface area contributed by atoms with E-state index in [1.807, 2.05) is 43.3 Å². The average molecular weight is 330 g/mol. The van der Waals surface area contributed by atoms with Crippen LogP contribution in [-0.4, -0.2) is 12.5 Å². The summed E-state index contributed by atoms with van der Waals surface area (Å²) in [6.45, 7) is 2.07. The van der Waals surface area contributed by atoms with Crippen molar-refractivity contribution in [2.75, 3.05) is 6.61 Å². The van der Waals surface area contributed by atoms with Gasteiger partial charge in [0.1, 0.15) is 24.0 Å². The Hall–Kier alpha value is -3.50. The maximum atomic E-state index is 12.3. The lowest BCUT2D eigenvalue weighted by Gasteiger charge is -2.13. The van der Waals surface area contributed by atoms with Gasteiger partial charge in [0.2, 0.25) is 0 Å². The van der Waals surface area contributed by atoms with Crippen LogP contribution in [0.4, 0.5) is 0 Å². The SMILES string of the molecule is C#CCOc1ccc(/C=C(/C#N)C(=O)N[C@H](C)c2ccccc2)cc1. The Kier molecular flexibility index (Phi) is 6.39. The zero-order valence-corrected chi connectivity index (χ0v) is 13.9. The van der Waals surface area contributed by atoms with E-state index in [-0.39, 0.29) is 18.2 Å². The number of hydrogen-bond acceptors (Lipinski definition) is 3. The zero-order chi connectivity index (χ0) is 18.1. The summed E-state index contributed by atoms with van der Waals surface area (Å²) in [5.74, 6) is 2.61. The molecule has 0 radical (unpaired) electrons. The van der Waals surface area contributed by atoms with Crippen molar-refractivity contribution >= 4 is 12.0 Å². The predicted molar refractivity (Wildman–Crippen MR) is 97.4 cm³/mol. The summed E-state index contributed by atoms with van der Waals surface area (Å²) >= 11 is 0. The van der Waals surface area contributed by atoms with Crippen LogP contribution in [0.15, 0.2) is 60.2 Å². The van der Waals surface area contributed by atoms with Crippen molar-refractivity contribution in [1.82, 2.24) is 5.32 Å². The molecule has 4 heteroatoms. The number of rotatable bonds is 6. The van der Waals surface area contributed by atoms with E-state index >= 15 is 0 Å². The molecule has 1 N–H and O–H groups in total. The third-order valence-electron chi connectivity index (χ3n) is 3.53. The monoisotopic (exact) mass is 330 g/mol. The quantitative estimate of drug-likeness (QED) is 0.501. The van der Waals surface area contributed by atoms with Gasteiger partial charge in [-0.2, -0.15) is 5.26 Å². The van der Waals surface area contributed by atoms with Crippen molar-refractivity contribution in [3.63, 3.8) is 0 Å². The molecule has 4 nitrogen and oxygen atoms in total. The predicted octanol–water partition coefficient (Wildman–Crippen LogP) is 3.48. The second-order valence-corrected chi connectivity index (χ2v) is 5.34. The molecular weight excluding hydrogens is 312 g/mol. The Morgan fingerprint density at radius 2 is 1.92 bits per heavy atom. The Morgan fingerprint density at radius 3 is 2.52 bits per heavy atom. The van der Waals surface area contributed by atoms with Gasteiger partial charge in [-0.3, -0.25) is 4.79 Å². The molecule has 0 aliphatic heterocycles. The molecule has 1 amide bonds. The van der Waals surface area contributed by atoms with Crippen LogP contribution in [0.3, 0.4) is 0 Å². The van der Waals surface area contributed by atoms with E-state index < -0.39 is 5.91 Å². The van der Waals surface area contributed by atoms with Crippen LogP contribution in [0.1, 0.15) is 24.1 Å². The fraction of sp³-hybridized carbons (Fsp3) is 0.143. The molecule has 0 spiro atoms. The number of nitrogens with zero attached hydrogens (tertiary/aromatic N) is 1. The third-order valence-corrected chi connectivity index (χ3v) is 3.53. The van der Waals surface area contributed by atoms with Crippen LogP contribution < -0.4 is 10.1 Å². The molecule has 2 aromatic carbocycles. The van der Waals surface area contributed by atoms with E-state index in [1.165, 1.54) is 6.08 Å². The first-order valence-corrected chi connectivity index (χ1v) is 7.78. The highest BCUT2D eigenvalue weighted by Crippen LogP contribution is 2.16. The number of carbonyl (C=O) groups is 1. The van der Waals surface area contributed by atoms with Gasteiger partial charge < -0.3 is 10.1 Å². The van der Waals surface area contributed by atoms with Crippen LogP contribution in [0.5, 0.6) is 5.75 Å². The lowest BCUT2D eigenvalue weighted by molar-refractivity contribution is -0.117. The number of carbonyl (C=O) groups excluding carboxylic acids is 1. The molecular formula is C21H18N2O2. The van der Waals surface area contributed by atoms with Crippen molar-refractivity contribution in [1.29, 1.82) is 5.26 Å². The first-order valence-electron chi connectivity index (χ1n) is 7.78. The largest absolute Gasteiger partial charge is 0.481 e. The maximum Gasteiger partial charge on any atom is 0.262 e. The molecule has 0 unspecified atom stereocenters. The molecule has 0 fully saturated rings. The van der Waals surface area contributed by atoms with E-state index in [2.05, 4.69) is 11.2 Å². The molecule has 2 rings (SSSR count). The Labute approximate surface area is 147 Å². The summed E-state index contributed by atoms with van der Waals surface area (Å²) in [4.78, 5) is 12.3. The summed E-state index contributed by atoms with van der Waals surface area (Å²) in [5, 5.41) is 12.1. The van der Waals surface area contributed by atoms with Gasteiger partial charge in [-0.15, -0.1) is 6.42 Å². The number of amides is 1. The topological polar surface area (TPSA) is 62.1 Å².